The van der Waals surface area contributed by atoms with Gasteiger partial charge < -0.3 is 14.4 Å². The SMILES string of the molecule is C.CC(C)(C)OC(=O)N1Cc2ccc(COc3cccc4c3CN(C3CCC(=O)CC3=O)C4=O)cc2C1. The number of hydrogen-bond donors (Lipinski definition) is 0. The van der Waals surface area contributed by atoms with Gasteiger partial charge in [0.05, 0.1) is 19.0 Å². The van der Waals surface area contributed by atoms with Crippen LogP contribution in [0, 0.1) is 0 Å². The van der Waals surface area contributed by atoms with Crippen molar-refractivity contribution >= 4 is 23.6 Å². The van der Waals surface area contributed by atoms with Crippen LogP contribution in [-0.2, 0) is 40.6 Å². The van der Waals surface area contributed by atoms with Gasteiger partial charge in [0.15, 0.2) is 5.78 Å². The Morgan fingerprint density at radius 1 is 1.03 bits per heavy atom. The molecule has 0 N–H and O–H groups in total. The van der Waals surface area contributed by atoms with Gasteiger partial charge in [-0.15, -0.1) is 0 Å². The molecular formula is C29H34N2O6. The fourth-order valence-electron chi connectivity index (χ4n) is 5.06. The first-order valence-corrected chi connectivity index (χ1v) is 12.3. The van der Waals surface area contributed by atoms with Crippen molar-refractivity contribution in [3.63, 3.8) is 0 Å². The Balaban J connectivity index is 0.00000320. The lowest BCUT2D eigenvalue weighted by molar-refractivity contribution is -0.133. The second-order valence-electron chi connectivity index (χ2n) is 10.7. The molecule has 0 radical (unpaired) electrons. The van der Waals surface area contributed by atoms with E-state index >= 15 is 0 Å². The van der Waals surface area contributed by atoms with Gasteiger partial charge in [-0.3, -0.25) is 19.3 Å². The van der Waals surface area contributed by atoms with Crippen LogP contribution in [0.2, 0.25) is 0 Å². The third-order valence-electron chi connectivity index (χ3n) is 6.81. The summed E-state index contributed by atoms with van der Waals surface area (Å²) in [5, 5.41) is 0. The minimum Gasteiger partial charge on any atom is -0.489 e. The second-order valence-corrected chi connectivity index (χ2v) is 10.7. The highest BCUT2D eigenvalue weighted by molar-refractivity contribution is 6.07. The molecule has 8 nitrogen and oxygen atoms in total. The number of ether oxygens (including phenoxy) is 2. The molecule has 2 heterocycles. The van der Waals surface area contributed by atoms with Crippen molar-refractivity contribution in [1.82, 2.24) is 9.80 Å². The molecular weight excluding hydrogens is 472 g/mol. The van der Waals surface area contributed by atoms with E-state index in [0.717, 1.165) is 22.3 Å². The first-order valence-electron chi connectivity index (χ1n) is 12.3. The molecule has 2 aliphatic heterocycles. The predicted octanol–water partition coefficient (Wildman–Crippen LogP) is 4.80. The van der Waals surface area contributed by atoms with Crippen molar-refractivity contribution in [2.45, 2.75) is 85.3 Å². The van der Waals surface area contributed by atoms with E-state index in [1.807, 2.05) is 45.0 Å². The Labute approximate surface area is 217 Å². The van der Waals surface area contributed by atoms with Crippen LogP contribution in [0.4, 0.5) is 4.79 Å². The van der Waals surface area contributed by atoms with Crippen molar-refractivity contribution in [3.05, 3.63) is 64.2 Å². The zero-order valence-corrected chi connectivity index (χ0v) is 20.8. The lowest BCUT2D eigenvalue weighted by Gasteiger charge is -2.29. The number of carbonyl (C=O) groups is 4. The van der Waals surface area contributed by atoms with E-state index in [2.05, 4.69) is 0 Å². The van der Waals surface area contributed by atoms with Crippen LogP contribution in [0.1, 0.15) is 80.1 Å². The van der Waals surface area contributed by atoms with Crippen molar-refractivity contribution in [1.29, 1.82) is 0 Å². The van der Waals surface area contributed by atoms with E-state index in [1.54, 1.807) is 21.9 Å². The first kappa shape index (κ1) is 26.4. The maximum atomic E-state index is 13.0. The van der Waals surface area contributed by atoms with Gasteiger partial charge in [0.1, 0.15) is 23.7 Å². The van der Waals surface area contributed by atoms with Gasteiger partial charge in [-0.05, 0) is 56.0 Å². The lowest BCUT2D eigenvalue weighted by Crippen LogP contribution is -2.44. The van der Waals surface area contributed by atoms with Crippen molar-refractivity contribution in [3.8, 4) is 5.75 Å². The van der Waals surface area contributed by atoms with Crippen LogP contribution in [0.15, 0.2) is 36.4 Å². The Kier molecular flexibility index (Phi) is 7.13. The maximum Gasteiger partial charge on any atom is 0.410 e. The van der Waals surface area contributed by atoms with Crippen LogP contribution in [0.5, 0.6) is 5.75 Å². The van der Waals surface area contributed by atoms with Crippen molar-refractivity contribution in [2.75, 3.05) is 0 Å². The summed E-state index contributed by atoms with van der Waals surface area (Å²) in [5.74, 6) is 0.169. The summed E-state index contributed by atoms with van der Waals surface area (Å²) in [4.78, 5) is 52.8. The molecule has 0 bridgehead atoms. The summed E-state index contributed by atoms with van der Waals surface area (Å²) in [6, 6.07) is 10.8. The first-order chi connectivity index (χ1) is 17.1. The third-order valence-corrected chi connectivity index (χ3v) is 6.81. The topological polar surface area (TPSA) is 93.2 Å². The highest BCUT2D eigenvalue weighted by Gasteiger charge is 2.40. The Hall–Kier alpha value is -3.68. The number of carbonyl (C=O) groups excluding carboxylic acids is 4. The van der Waals surface area contributed by atoms with Crippen LogP contribution in [0.3, 0.4) is 0 Å². The van der Waals surface area contributed by atoms with E-state index in [9.17, 15) is 19.2 Å². The zero-order valence-electron chi connectivity index (χ0n) is 20.8. The van der Waals surface area contributed by atoms with Crippen LogP contribution >= 0.6 is 0 Å². The molecule has 196 valence electrons. The molecule has 0 aromatic heterocycles. The Morgan fingerprint density at radius 2 is 1.78 bits per heavy atom. The van der Waals surface area contributed by atoms with Crippen LogP contribution in [-0.4, -0.2) is 45.0 Å². The average Bonchev–Trinajstić information content (AvgIpc) is 3.38. The molecule has 0 saturated heterocycles. The van der Waals surface area contributed by atoms with E-state index in [0.29, 0.717) is 50.4 Å². The van der Waals surface area contributed by atoms with E-state index in [1.165, 1.54) is 0 Å². The van der Waals surface area contributed by atoms with Gasteiger partial charge in [-0.25, -0.2) is 4.79 Å². The van der Waals surface area contributed by atoms with Gasteiger partial charge >= 0.3 is 6.09 Å². The summed E-state index contributed by atoms with van der Waals surface area (Å²) in [5.41, 5.74) is 3.87. The molecule has 1 fully saturated rings. The fourth-order valence-corrected chi connectivity index (χ4v) is 5.06. The number of fused-ring (bicyclic) bond motifs is 2. The number of rotatable bonds is 4. The third kappa shape index (κ3) is 5.38. The van der Waals surface area contributed by atoms with Gasteiger partial charge in [0.25, 0.3) is 5.91 Å². The number of nitrogens with zero attached hydrogens (tertiary/aromatic N) is 2. The normalized spacial score (nSPS) is 18.9. The summed E-state index contributed by atoms with van der Waals surface area (Å²) in [7, 11) is 0. The molecule has 5 rings (SSSR count). The summed E-state index contributed by atoms with van der Waals surface area (Å²) in [6.07, 6.45) is 0.274. The van der Waals surface area contributed by atoms with E-state index < -0.39 is 11.6 Å². The van der Waals surface area contributed by atoms with Gasteiger partial charge in [0, 0.05) is 30.6 Å². The maximum absolute atomic E-state index is 13.0. The molecule has 37 heavy (non-hydrogen) atoms. The van der Waals surface area contributed by atoms with Gasteiger partial charge in [0.2, 0.25) is 0 Å². The predicted molar refractivity (Wildman–Crippen MR) is 137 cm³/mol. The highest BCUT2D eigenvalue weighted by atomic mass is 16.6. The second kappa shape index (κ2) is 10.00. The molecule has 2 amide bonds. The number of Topliss-reactive ketones (excluding diaryl/α,β-unsaturated/α-hetero) is 2. The van der Waals surface area contributed by atoms with E-state index in [-0.39, 0.29) is 37.4 Å². The van der Waals surface area contributed by atoms with Gasteiger partial charge in [-0.1, -0.05) is 31.7 Å². The lowest BCUT2D eigenvalue weighted by atomic mass is 9.92. The van der Waals surface area contributed by atoms with Crippen LogP contribution < -0.4 is 4.74 Å². The smallest absolute Gasteiger partial charge is 0.410 e. The van der Waals surface area contributed by atoms with Crippen molar-refractivity contribution < 1.29 is 28.7 Å². The molecule has 8 heteroatoms. The number of amides is 2. The van der Waals surface area contributed by atoms with Crippen molar-refractivity contribution in [2.24, 2.45) is 0 Å². The van der Waals surface area contributed by atoms with E-state index in [4.69, 9.17) is 9.47 Å². The number of ketones is 2. The molecule has 2 aromatic carbocycles. The molecule has 1 atom stereocenters. The summed E-state index contributed by atoms with van der Waals surface area (Å²) in [6.45, 7) is 7.16. The minimum atomic E-state index is -0.555. The monoisotopic (exact) mass is 506 g/mol. The van der Waals surface area contributed by atoms with Crippen LogP contribution in [0.25, 0.3) is 0 Å². The van der Waals surface area contributed by atoms with Gasteiger partial charge in [-0.2, -0.15) is 0 Å². The zero-order chi connectivity index (χ0) is 25.6. The molecule has 0 spiro atoms. The Bertz CT molecular complexity index is 1260. The quantitative estimate of drug-likeness (QED) is 0.553. The molecule has 1 saturated carbocycles. The minimum absolute atomic E-state index is 0. The number of hydrogen-bond acceptors (Lipinski definition) is 6. The summed E-state index contributed by atoms with van der Waals surface area (Å²) >= 11 is 0. The Morgan fingerprint density at radius 3 is 2.51 bits per heavy atom. The standard InChI is InChI=1S/C28H30N2O6.CH4/c1-28(2,3)36-27(34)29-13-18-8-7-17(11-19(18)14-29)16-35-25-6-4-5-21-22(25)15-30(26(21)33)23-10-9-20(31)12-24(23)32;/h4-8,11,23H,9-10,12-16H2,1-3H3;1H4. The summed E-state index contributed by atoms with van der Waals surface area (Å²) < 4.78 is 11.6. The highest BCUT2D eigenvalue weighted by Crippen LogP contribution is 2.35. The fraction of sp³-hybridized carbons (Fsp3) is 0.448. The number of benzene rings is 2. The molecule has 1 unspecified atom stereocenters. The molecule has 3 aliphatic rings. The molecule has 2 aromatic rings. The largest absolute Gasteiger partial charge is 0.489 e. The average molecular weight is 507 g/mol. The molecule has 1 aliphatic carbocycles.